The lowest BCUT2D eigenvalue weighted by Gasteiger charge is -2.29. The van der Waals surface area contributed by atoms with Crippen molar-refractivity contribution in [3.05, 3.63) is 54.6 Å². The van der Waals surface area contributed by atoms with Crippen molar-refractivity contribution in [3.8, 4) is 0 Å². The molecule has 0 atom stereocenters. The summed E-state index contributed by atoms with van der Waals surface area (Å²) in [6.07, 6.45) is 5.91. The maximum absolute atomic E-state index is 13.4. The van der Waals surface area contributed by atoms with E-state index < -0.39 is 20.5 Å². The van der Waals surface area contributed by atoms with Gasteiger partial charge in [-0.25, -0.2) is 8.42 Å². The number of hydrogen-bond donors (Lipinski definition) is 1. The van der Waals surface area contributed by atoms with Crippen molar-refractivity contribution in [1.82, 2.24) is 0 Å². The summed E-state index contributed by atoms with van der Waals surface area (Å²) >= 11 is 0. The molecule has 5 nitrogen and oxygen atoms in total. The Labute approximate surface area is 173 Å². The Bertz CT molecular complexity index is 943. The molecule has 1 aliphatic heterocycles. The van der Waals surface area contributed by atoms with Gasteiger partial charge in [-0.15, -0.1) is 0 Å². The second-order valence-corrected chi connectivity index (χ2v) is 10.3. The van der Waals surface area contributed by atoms with E-state index in [9.17, 15) is 13.2 Å². The van der Waals surface area contributed by atoms with Crippen LogP contribution in [0.3, 0.4) is 0 Å². The van der Waals surface area contributed by atoms with Crippen LogP contribution < -0.4 is 10.2 Å². The van der Waals surface area contributed by atoms with E-state index in [1.54, 1.807) is 30.3 Å². The second-order valence-electron chi connectivity index (χ2n) is 8.07. The predicted octanol–water partition coefficient (Wildman–Crippen LogP) is 4.40. The first-order valence-electron chi connectivity index (χ1n) is 10.5. The van der Waals surface area contributed by atoms with Crippen molar-refractivity contribution < 1.29 is 13.2 Å². The van der Waals surface area contributed by atoms with Crippen molar-refractivity contribution in [1.29, 1.82) is 0 Å². The zero-order valence-electron chi connectivity index (χ0n) is 16.6. The maximum Gasteiger partial charge on any atom is 0.246 e. The third kappa shape index (κ3) is 3.78. The molecule has 2 aromatic carbocycles. The predicted molar refractivity (Wildman–Crippen MR) is 116 cm³/mol. The van der Waals surface area contributed by atoms with Crippen LogP contribution in [0.4, 0.5) is 11.4 Å². The molecule has 0 spiro atoms. The fraction of sp³-hybridized carbons (Fsp3) is 0.435. The van der Waals surface area contributed by atoms with Gasteiger partial charge in [0.05, 0.1) is 4.90 Å². The molecule has 2 fully saturated rings. The highest BCUT2D eigenvalue weighted by molar-refractivity contribution is 7.93. The first-order valence-corrected chi connectivity index (χ1v) is 12.0. The SMILES string of the molecule is O=C(Nc1ccc(N2CCCCC2)cc1)C1(S(=O)(=O)c2ccccc2)CCCC1. The third-order valence-electron chi connectivity index (χ3n) is 6.24. The van der Waals surface area contributed by atoms with Gasteiger partial charge in [-0.2, -0.15) is 0 Å². The van der Waals surface area contributed by atoms with Gasteiger partial charge in [0.15, 0.2) is 14.6 Å². The van der Waals surface area contributed by atoms with Crippen LogP contribution in [0.1, 0.15) is 44.9 Å². The molecule has 1 heterocycles. The van der Waals surface area contributed by atoms with Crippen LogP contribution in [0.15, 0.2) is 59.5 Å². The number of hydrogen-bond acceptors (Lipinski definition) is 4. The normalized spacial score (nSPS) is 19.1. The number of rotatable bonds is 5. The second kappa shape index (κ2) is 8.19. The molecule has 0 radical (unpaired) electrons. The van der Waals surface area contributed by atoms with E-state index in [4.69, 9.17) is 0 Å². The highest BCUT2D eigenvalue weighted by Gasteiger charge is 2.52. The standard InChI is InChI=1S/C23H28N2O3S/c26-22(24-19-11-13-20(14-12-19)25-17-7-2-8-18-25)23(15-5-6-16-23)29(27,28)21-9-3-1-4-10-21/h1,3-4,9-14H,2,5-8,15-18H2,(H,24,26). The average Bonchev–Trinajstić information content (AvgIpc) is 3.28. The number of carbonyl (C=O) groups is 1. The van der Waals surface area contributed by atoms with E-state index in [0.717, 1.165) is 31.6 Å². The number of benzene rings is 2. The highest BCUT2D eigenvalue weighted by Crippen LogP contribution is 2.41. The average molecular weight is 413 g/mol. The number of piperidine rings is 1. The Hall–Kier alpha value is -2.34. The lowest BCUT2D eigenvalue weighted by molar-refractivity contribution is -0.118. The van der Waals surface area contributed by atoms with Crippen LogP contribution >= 0.6 is 0 Å². The van der Waals surface area contributed by atoms with Gasteiger partial charge in [0.2, 0.25) is 5.91 Å². The number of nitrogens with zero attached hydrogens (tertiary/aromatic N) is 1. The summed E-state index contributed by atoms with van der Waals surface area (Å²) < 4.78 is 25.4. The number of carbonyl (C=O) groups excluding carboxylic acids is 1. The topological polar surface area (TPSA) is 66.5 Å². The summed E-state index contributed by atoms with van der Waals surface area (Å²) in [5, 5.41) is 2.89. The van der Waals surface area contributed by atoms with Crippen LogP contribution in [0.25, 0.3) is 0 Å². The molecule has 1 aliphatic carbocycles. The van der Waals surface area contributed by atoms with E-state index in [2.05, 4.69) is 10.2 Å². The summed E-state index contributed by atoms with van der Waals surface area (Å²) in [4.78, 5) is 15.8. The monoisotopic (exact) mass is 412 g/mol. The molecule has 29 heavy (non-hydrogen) atoms. The van der Waals surface area contributed by atoms with Crippen molar-refractivity contribution in [2.24, 2.45) is 0 Å². The molecule has 4 rings (SSSR count). The van der Waals surface area contributed by atoms with Crippen molar-refractivity contribution >= 4 is 27.1 Å². The van der Waals surface area contributed by atoms with Gasteiger partial charge >= 0.3 is 0 Å². The summed E-state index contributed by atoms with van der Waals surface area (Å²) in [6, 6.07) is 16.1. The fourth-order valence-electron chi connectivity index (χ4n) is 4.54. The Kier molecular flexibility index (Phi) is 5.63. The maximum atomic E-state index is 13.4. The number of sulfone groups is 1. The molecule has 0 bridgehead atoms. The smallest absolute Gasteiger partial charge is 0.246 e. The van der Waals surface area contributed by atoms with E-state index in [1.165, 1.54) is 19.3 Å². The van der Waals surface area contributed by atoms with Gasteiger partial charge in [-0.1, -0.05) is 31.0 Å². The van der Waals surface area contributed by atoms with Crippen LogP contribution in [0.2, 0.25) is 0 Å². The Balaban J connectivity index is 1.55. The Morgan fingerprint density at radius 2 is 1.45 bits per heavy atom. The van der Waals surface area contributed by atoms with Crippen molar-refractivity contribution in [2.45, 2.75) is 54.6 Å². The molecular weight excluding hydrogens is 384 g/mol. The highest BCUT2D eigenvalue weighted by atomic mass is 32.2. The number of nitrogens with one attached hydrogen (secondary N) is 1. The van der Waals surface area contributed by atoms with Crippen LogP contribution in [0, 0.1) is 0 Å². The first-order chi connectivity index (χ1) is 14.0. The molecule has 2 aliphatic rings. The van der Waals surface area contributed by atoms with E-state index >= 15 is 0 Å². The van der Waals surface area contributed by atoms with Gasteiger partial charge < -0.3 is 10.2 Å². The summed E-state index contributed by atoms with van der Waals surface area (Å²) in [7, 11) is -3.77. The molecule has 1 N–H and O–H groups in total. The number of anilines is 2. The summed E-state index contributed by atoms with van der Waals surface area (Å²) in [5.41, 5.74) is 1.79. The number of amides is 1. The lowest BCUT2D eigenvalue weighted by atomic mass is 10.1. The minimum atomic E-state index is -3.77. The van der Waals surface area contributed by atoms with Gasteiger partial charge in [-0.3, -0.25) is 4.79 Å². The van der Waals surface area contributed by atoms with Gasteiger partial charge in [0.25, 0.3) is 0 Å². The van der Waals surface area contributed by atoms with Gasteiger partial charge in [-0.05, 0) is 68.5 Å². The van der Waals surface area contributed by atoms with E-state index in [0.29, 0.717) is 18.5 Å². The molecule has 1 saturated carbocycles. The molecule has 1 amide bonds. The lowest BCUT2D eigenvalue weighted by Crippen LogP contribution is -2.47. The summed E-state index contributed by atoms with van der Waals surface area (Å²) in [5.74, 6) is -0.412. The zero-order valence-corrected chi connectivity index (χ0v) is 17.5. The van der Waals surface area contributed by atoms with Gasteiger partial charge in [0.1, 0.15) is 0 Å². The third-order valence-corrected chi connectivity index (χ3v) is 8.75. The van der Waals surface area contributed by atoms with Gasteiger partial charge in [0, 0.05) is 24.5 Å². The Morgan fingerprint density at radius 1 is 0.828 bits per heavy atom. The summed E-state index contributed by atoms with van der Waals surface area (Å²) in [6.45, 7) is 2.12. The molecule has 0 unspecified atom stereocenters. The van der Waals surface area contributed by atoms with Crippen LogP contribution in [0.5, 0.6) is 0 Å². The quantitative estimate of drug-likeness (QED) is 0.790. The minimum Gasteiger partial charge on any atom is -0.372 e. The van der Waals surface area contributed by atoms with Crippen LogP contribution in [-0.4, -0.2) is 32.2 Å². The van der Waals surface area contributed by atoms with Crippen molar-refractivity contribution in [2.75, 3.05) is 23.3 Å². The van der Waals surface area contributed by atoms with E-state index in [-0.39, 0.29) is 4.90 Å². The molecule has 0 aromatic heterocycles. The molecule has 1 saturated heterocycles. The molecule has 154 valence electrons. The molecule has 6 heteroatoms. The first kappa shape index (κ1) is 20.0. The van der Waals surface area contributed by atoms with Crippen LogP contribution in [-0.2, 0) is 14.6 Å². The fourth-order valence-corrected chi connectivity index (χ4v) is 6.63. The largest absolute Gasteiger partial charge is 0.372 e. The molecular formula is C23H28N2O3S. The zero-order chi connectivity index (χ0) is 20.3. The Morgan fingerprint density at radius 3 is 2.07 bits per heavy atom. The van der Waals surface area contributed by atoms with Crippen molar-refractivity contribution in [3.63, 3.8) is 0 Å². The van der Waals surface area contributed by atoms with E-state index in [1.807, 2.05) is 24.3 Å². The minimum absolute atomic E-state index is 0.220. The molecule has 2 aromatic rings.